The number of rotatable bonds is 4. The van der Waals surface area contributed by atoms with Crippen molar-refractivity contribution < 1.29 is 13.9 Å². The van der Waals surface area contributed by atoms with E-state index in [1.807, 2.05) is 6.92 Å². The van der Waals surface area contributed by atoms with Gasteiger partial charge in [0.2, 0.25) is 0 Å². The summed E-state index contributed by atoms with van der Waals surface area (Å²) in [5.41, 5.74) is 0.438. The van der Waals surface area contributed by atoms with Gasteiger partial charge >= 0.3 is 0 Å². The summed E-state index contributed by atoms with van der Waals surface area (Å²) in [6.07, 6.45) is 0. The van der Waals surface area contributed by atoms with Crippen LogP contribution >= 0.6 is 31.9 Å². The lowest BCUT2D eigenvalue weighted by molar-refractivity contribution is 0.103. The molecular formula is C15H11Br2FO2. The zero-order valence-corrected chi connectivity index (χ0v) is 13.8. The molecule has 0 saturated carbocycles. The molecule has 0 heterocycles. The van der Waals surface area contributed by atoms with Gasteiger partial charge in [0.05, 0.1) is 12.2 Å². The number of ketones is 1. The van der Waals surface area contributed by atoms with E-state index in [1.54, 1.807) is 24.3 Å². The summed E-state index contributed by atoms with van der Waals surface area (Å²) in [4.78, 5) is 12.3. The minimum atomic E-state index is -0.551. The molecule has 5 heteroatoms. The molecule has 0 N–H and O–H groups in total. The van der Waals surface area contributed by atoms with Gasteiger partial charge in [0.1, 0.15) is 11.6 Å². The van der Waals surface area contributed by atoms with Crippen molar-refractivity contribution in [1.82, 2.24) is 0 Å². The molecule has 0 saturated heterocycles. The van der Waals surface area contributed by atoms with Crippen LogP contribution in [0.5, 0.6) is 5.75 Å². The van der Waals surface area contributed by atoms with E-state index in [2.05, 4.69) is 31.9 Å². The Balaban J connectivity index is 2.38. The summed E-state index contributed by atoms with van der Waals surface area (Å²) in [5, 5.41) is 0. The van der Waals surface area contributed by atoms with Gasteiger partial charge in [-0.05, 0) is 59.3 Å². The van der Waals surface area contributed by atoms with Crippen LogP contribution in [-0.2, 0) is 0 Å². The molecule has 0 aliphatic rings. The van der Waals surface area contributed by atoms with Gasteiger partial charge in [-0.1, -0.05) is 15.9 Å². The second-order valence-corrected chi connectivity index (χ2v) is 5.80. The van der Waals surface area contributed by atoms with Gasteiger partial charge in [-0.25, -0.2) is 4.39 Å². The Kier molecular flexibility index (Phi) is 4.94. The van der Waals surface area contributed by atoms with Crippen LogP contribution in [0.2, 0.25) is 0 Å². The Bertz CT molecular complexity index is 656. The second-order valence-electron chi connectivity index (χ2n) is 4.03. The van der Waals surface area contributed by atoms with E-state index in [0.717, 1.165) is 0 Å². The van der Waals surface area contributed by atoms with Gasteiger partial charge in [-0.3, -0.25) is 4.79 Å². The van der Waals surface area contributed by atoms with E-state index in [4.69, 9.17) is 4.74 Å². The highest BCUT2D eigenvalue weighted by Gasteiger charge is 2.17. The fraction of sp³-hybridized carbons (Fsp3) is 0.133. The summed E-state index contributed by atoms with van der Waals surface area (Å²) >= 11 is 6.49. The molecule has 0 spiro atoms. The molecule has 0 aliphatic heterocycles. The SMILES string of the molecule is CCOc1ccc(C(=O)c2ccc(Br)cc2F)c(Br)c1. The van der Waals surface area contributed by atoms with E-state index in [0.29, 0.717) is 26.9 Å². The molecule has 2 rings (SSSR count). The summed E-state index contributed by atoms with van der Waals surface area (Å²) in [6.45, 7) is 2.42. The molecule has 0 bridgehead atoms. The lowest BCUT2D eigenvalue weighted by Gasteiger charge is -2.08. The summed E-state index contributed by atoms with van der Waals surface area (Å²) < 4.78 is 20.3. The predicted molar refractivity (Wildman–Crippen MR) is 82.8 cm³/mol. The maximum Gasteiger partial charge on any atom is 0.197 e. The Labute approximate surface area is 133 Å². The van der Waals surface area contributed by atoms with Crippen LogP contribution in [0.25, 0.3) is 0 Å². The largest absolute Gasteiger partial charge is 0.494 e. The zero-order valence-electron chi connectivity index (χ0n) is 10.6. The number of halogens is 3. The quantitative estimate of drug-likeness (QED) is 0.675. The summed E-state index contributed by atoms with van der Waals surface area (Å²) in [5.74, 6) is -0.262. The molecule has 20 heavy (non-hydrogen) atoms. The number of carbonyl (C=O) groups excluding carboxylic acids is 1. The van der Waals surface area contributed by atoms with Crippen molar-refractivity contribution in [1.29, 1.82) is 0 Å². The number of hydrogen-bond acceptors (Lipinski definition) is 2. The standard InChI is InChI=1S/C15H11Br2FO2/c1-2-20-10-4-6-11(13(17)8-10)15(19)12-5-3-9(16)7-14(12)18/h3-8H,2H2,1H3. The van der Waals surface area contributed by atoms with Crippen molar-refractivity contribution in [3.63, 3.8) is 0 Å². The van der Waals surface area contributed by atoms with E-state index in [9.17, 15) is 9.18 Å². The highest BCUT2D eigenvalue weighted by Crippen LogP contribution is 2.26. The molecule has 2 aromatic carbocycles. The first-order valence-corrected chi connectivity index (χ1v) is 7.53. The molecule has 0 amide bonds. The monoisotopic (exact) mass is 400 g/mol. The van der Waals surface area contributed by atoms with Crippen molar-refractivity contribution in [2.24, 2.45) is 0 Å². The molecule has 104 valence electrons. The van der Waals surface area contributed by atoms with E-state index in [1.165, 1.54) is 12.1 Å². The Morgan fingerprint density at radius 3 is 2.45 bits per heavy atom. The van der Waals surface area contributed by atoms with Crippen LogP contribution in [0.1, 0.15) is 22.8 Å². The molecule has 0 aliphatic carbocycles. The van der Waals surface area contributed by atoms with Gasteiger partial charge in [0.15, 0.2) is 5.78 Å². The van der Waals surface area contributed by atoms with Crippen LogP contribution in [0, 0.1) is 5.82 Å². The number of ether oxygens (including phenoxy) is 1. The number of benzene rings is 2. The predicted octanol–water partition coefficient (Wildman–Crippen LogP) is 4.98. The molecule has 0 radical (unpaired) electrons. The van der Waals surface area contributed by atoms with Gasteiger partial charge in [0, 0.05) is 14.5 Å². The highest BCUT2D eigenvalue weighted by atomic mass is 79.9. The number of carbonyl (C=O) groups is 1. The smallest absolute Gasteiger partial charge is 0.197 e. The Hall–Kier alpha value is -1.20. The normalized spacial score (nSPS) is 10.4. The Morgan fingerprint density at radius 2 is 1.85 bits per heavy atom. The molecular weight excluding hydrogens is 391 g/mol. The van der Waals surface area contributed by atoms with Gasteiger partial charge in [-0.15, -0.1) is 0 Å². The van der Waals surface area contributed by atoms with E-state index in [-0.39, 0.29) is 11.3 Å². The zero-order chi connectivity index (χ0) is 14.7. The third-order valence-electron chi connectivity index (χ3n) is 2.67. The first kappa shape index (κ1) is 15.2. The van der Waals surface area contributed by atoms with Crippen LogP contribution in [0.15, 0.2) is 45.3 Å². The third kappa shape index (κ3) is 3.27. The van der Waals surface area contributed by atoms with Gasteiger partial charge < -0.3 is 4.74 Å². The van der Waals surface area contributed by atoms with Gasteiger partial charge in [0.25, 0.3) is 0 Å². The average molecular weight is 402 g/mol. The molecule has 0 aromatic heterocycles. The molecule has 2 aromatic rings. The van der Waals surface area contributed by atoms with Gasteiger partial charge in [-0.2, -0.15) is 0 Å². The molecule has 2 nitrogen and oxygen atoms in total. The van der Waals surface area contributed by atoms with Crippen molar-refractivity contribution in [2.45, 2.75) is 6.92 Å². The highest BCUT2D eigenvalue weighted by molar-refractivity contribution is 9.10. The maximum absolute atomic E-state index is 13.8. The second kappa shape index (κ2) is 6.50. The number of hydrogen-bond donors (Lipinski definition) is 0. The van der Waals surface area contributed by atoms with Crippen molar-refractivity contribution in [3.05, 3.63) is 62.3 Å². The summed E-state index contributed by atoms with van der Waals surface area (Å²) in [7, 11) is 0. The molecule has 0 atom stereocenters. The first-order valence-electron chi connectivity index (χ1n) is 5.95. The van der Waals surface area contributed by atoms with Crippen LogP contribution < -0.4 is 4.74 Å². The topological polar surface area (TPSA) is 26.3 Å². The maximum atomic E-state index is 13.8. The van der Waals surface area contributed by atoms with Crippen LogP contribution in [0.4, 0.5) is 4.39 Å². The van der Waals surface area contributed by atoms with E-state index >= 15 is 0 Å². The lowest BCUT2D eigenvalue weighted by atomic mass is 10.0. The van der Waals surface area contributed by atoms with Crippen LogP contribution in [0.3, 0.4) is 0 Å². The van der Waals surface area contributed by atoms with Crippen LogP contribution in [-0.4, -0.2) is 12.4 Å². The van der Waals surface area contributed by atoms with E-state index < -0.39 is 5.82 Å². The van der Waals surface area contributed by atoms with Crippen molar-refractivity contribution >= 4 is 37.6 Å². The molecule has 0 unspecified atom stereocenters. The summed E-state index contributed by atoms with van der Waals surface area (Å²) in [6, 6.07) is 9.39. The fourth-order valence-electron chi connectivity index (χ4n) is 1.76. The lowest BCUT2D eigenvalue weighted by Crippen LogP contribution is -2.05. The first-order chi connectivity index (χ1) is 9.52. The van der Waals surface area contributed by atoms with Crippen molar-refractivity contribution in [2.75, 3.05) is 6.61 Å². The van der Waals surface area contributed by atoms with Crippen molar-refractivity contribution in [3.8, 4) is 5.75 Å². The molecule has 0 fully saturated rings. The fourth-order valence-corrected chi connectivity index (χ4v) is 2.63. The minimum Gasteiger partial charge on any atom is -0.494 e. The Morgan fingerprint density at radius 1 is 1.15 bits per heavy atom. The minimum absolute atomic E-state index is 0.0399. The average Bonchev–Trinajstić information content (AvgIpc) is 2.38. The third-order valence-corrected chi connectivity index (χ3v) is 3.82.